The smallest absolute Gasteiger partial charge is 0.325 e. The second kappa shape index (κ2) is 9.25. The van der Waals surface area contributed by atoms with Crippen molar-refractivity contribution in [1.82, 2.24) is 10.2 Å². The van der Waals surface area contributed by atoms with Crippen molar-refractivity contribution in [2.45, 2.75) is 64.3 Å². The van der Waals surface area contributed by atoms with E-state index in [1.807, 2.05) is 0 Å². The first-order valence-electron chi connectivity index (χ1n) is 10.7. The molecule has 10 heteroatoms. The lowest BCUT2D eigenvalue weighted by molar-refractivity contribution is -0.131. The fourth-order valence-corrected chi connectivity index (χ4v) is 5.37. The van der Waals surface area contributed by atoms with Crippen LogP contribution in [-0.4, -0.2) is 49.0 Å². The normalized spacial score (nSPS) is 17.8. The molecule has 0 aromatic heterocycles. The predicted molar refractivity (Wildman–Crippen MR) is 118 cm³/mol. The SMILES string of the molecule is CCCS(=O)(=O)Nc1cccc(NC(=O)CCCN2C(=O)NC3(CCCC3)C2=O)c1C. The number of carbonyl (C=O) groups is 3. The first kappa shape index (κ1) is 23.1. The zero-order valence-electron chi connectivity index (χ0n) is 18.0. The van der Waals surface area contributed by atoms with Crippen LogP contribution in [0, 0.1) is 6.92 Å². The minimum atomic E-state index is -3.43. The van der Waals surface area contributed by atoms with Crippen molar-refractivity contribution in [3.8, 4) is 0 Å². The molecule has 2 fully saturated rings. The van der Waals surface area contributed by atoms with E-state index in [4.69, 9.17) is 0 Å². The molecule has 1 saturated carbocycles. The summed E-state index contributed by atoms with van der Waals surface area (Å²) in [6, 6.07) is 4.64. The summed E-state index contributed by atoms with van der Waals surface area (Å²) in [6.45, 7) is 3.71. The Morgan fingerprint density at radius 2 is 1.87 bits per heavy atom. The van der Waals surface area contributed by atoms with Gasteiger partial charge in [0.25, 0.3) is 5.91 Å². The Bertz CT molecular complexity index is 970. The third-order valence-corrected chi connectivity index (χ3v) is 7.31. The molecule has 2 aliphatic rings. The Kier molecular flexibility index (Phi) is 6.88. The van der Waals surface area contributed by atoms with Crippen molar-refractivity contribution in [2.24, 2.45) is 0 Å². The Morgan fingerprint density at radius 3 is 2.55 bits per heavy atom. The molecule has 1 aliphatic carbocycles. The number of anilines is 2. The summed E-state index contributed by atoms with van der Waals surface area (Å²) >= 11 is 0. The van der Waals surface area contributed by atoms with Crippen LogP contribution < -0.4 is 15.4 Å². The topological polar surface area (TPSA) is 125 Å². The Labute approximate surface area is 183 Å². The zero-order valence-corrected chi connectivity index (χ0v) is 18.8. The van der Waals surface area contributed by atoms with Crippen molar-refractivity contribution in [1.29, 1.82) is 0 Å². The number of nitrogens with one attached hydrogen (secondary N) is 3. The summed E-state index contributed by atoms with van der Waals surface area (Å²) in [4.78, 5) is 38.4. The molecule has 170 valence electrons. The molecule has 9 nitrogen and oxygen atoms in total. The monoisotopic (exact) mass is 450 g/mol. The van der Waals surface area contributed by atoms with Crippen molar-refractivity contribution >= 4 is 39.2 Å². The van der Waals surface area contributed by atoms with E-state index in [1.54, 1.807) is 32.0 Å². The molecular formula is C21H30N4O5S. The highest BCUT2D eigenvalue weighted by molar-refractivity contribution is 7.92. The Balaban J connectivity index is 1.54. The number of hydrogen-bond acceptors (Lipinski definition) is 5. The fraction of sp³-hybridized carbons (Fsp3) is 0.571. The largest absolute Gasteiger partial charge is 0.326 e. The van der Waals surface area contributed by atoms with E-state index >= 15 is 0 Å². The first-order valence-corrected chi connectivity index (χ1v) is 12.4. The number of carbonyl (C=O) groups excluding carboxylic acids is 3. The molecule has 1 aromatic rings. The van der Waals surface area contributed by atoms with E-state index in [1.165, 1.54) is 4.90 Å². The molecule has 1 heterocycles. The molecule has 1 saturated heterocycles. The molecule has 0 atom stereocenters. The highest BCUT2D eigenvalue weighted by Gasteiger charge is 2.52. The second-order valence-electron chi connectivity index (χ2n) is 8.23. The summed E-state index contributed by atoms with van der Waals surface area (Å²) in [7, 11) is -3.43. The van der Waals surface area contributed by atoms with E-state index < -0.39 is 15.6 Å². The quantitative estimate of drug-likeness (QED) is 0.499. The van der Waals surface area contributed by atoms with Crippen LogP contribution in [0.5, 0.6) is 0 Å². The van der Waals surface area contributed by atoms with E-state index in [0.717, 1.165) is 12.8 Å². The maximum atomic E-state index is 12.6. The molecular weight excluding hydrogens is 420 g/mol. The summed E-state index contributed by atoms with van der Waals surface area (Å²) in [5.74, 6) is -0.426. The van der Waals surface area contributed by atoms with Crippen LogP contribution in [0.2, 0.25) is 0 Å². The van der Waals surface area contributed by atoms with Crippen molar-refractivity contribution in [3.63, 3.8) is 0 Å². The van der Waals surface area contributed by atoms with Crippen LogP contribution in [0.3, 0.4) is 0 Å². The van der Waals surface area contributed by atoms with Crippen LogP contribution >= 0.6 is 0 Å². The number of benzene rings is 1. The average molecular weight is 451 g/mol. The van der Waals surface area contributed by atoms with Gasteiger partial charge >= 0.3 is 6.03 Å². The van der Waals surface area contributed by atoms with Crippen LogP contribution in [0.15, 0.2) is 18.2 Å². The van der Waals surface area contributed by atoms with E-state index in [2.05, 4.69) is 15.4 Å². The number of imide groups is 1. The number of rotatable bonds is 9. The Morgan fingerprint density at radius 1 is 1.19 bits per heavy atom. The van der Waals surface area contributed by atoms with E-state index in [0.29, 0.717) is 42.6 Å². The highest BCUT2D eigenvalue weighted by atomic mass is 32.2. The maximum Gasteiger partial charge on any atom is 0.325 e. The van der Waals surface area contributed by atoms with Crippen molar-refractivity contribution in [3.05, 3.63) is 23.8 Å². The average Bonchev–Trinajstić information content (AvgIpc) is 3.25. The van der Waals surface area contributed by atoms with Gasteiger partial charge in [-0.1, -0.05) is 25.8 Å². The molecule has 1 aromatic carbocycles. The summed E-state index contributed by atoms with van der Waals surface area (Å²) in [6.07, 6.45) is 4.19. The van der Waals surface area contributed by atoms with Crippen molar-refractivity contribution < 1.29 is 22.8 Å². The van der Waals surface area contributed by atoms with Gasteiger partial charge in [0.05, 0.1) is 11.4 Å². The highest BCUT2D eigenvalue weighted by Crippen LogP contribution is 2.35. The summed E-state index contributed by atoms with van der Waals surface area (Å²) < 4.78 is 26.6. The second-order valence-corrected chi connectivity index (χ2v) is 10.1. The van der Waals surface area contributed by atoms with Gasteiger partial charge < -0.3 is 10.6 Å². The lowest BCUT2D eigenvalue weighted by Crippen LogP contribution is -2.44. The zero-order chi connectivity index (χ0) is 22.6. The van der Waals surface area contributed by atoms with Gasteiger partial charge in [-0.05, 0) is 50.3 Å². The minimum absolute atomic E-state index is 0.0209. The molecule has 0 radical (unpaired) electrons. The van der Waals surface area contributed by atoms with Gasteiger partial charge in [0, 0.05) is 18.7 Å². The van der Waals surface area contributed by atoms with Crippen molar-refractivity contribution in [2.75, 3.05) is 22.3 Å². The molecule has 31 heavy (non-hydrogen) atoms. The number of sulfonamides is 1. The molecule has 0 bridgehead atoms. The third-order valence-electron chi connectivity index (χ3n) is 5.83. The van der Waals surface area contributed by atoms with Crippen LogP contribution in [0.1, 0.15) is 57.4 Å². The van der Waals surface area contributed by atoms with Gasteiger partial charge in [-0.25, -0.2) is 13.2 Å². The van der Waals surface area contributed by atoms with Gasteiger partial charge in [0.15, 0.2) is 0 Å². The maximum absolute atomic E-state index is 12.6. The number of nitrogens with zero attached hydrogens (tertiary/aromatic N) is 1. The molecule has 0 unspecified atom stereocenters. The van der Waals surface area contributed by atoms with Gasteiger partial charge in [-0.15, -0.1) is 0 Å². The molecule has 1 aliphatic heterocycles. The van der Waals surface area contributed by atoms with Gasteiger partial charge in [-0.3, -0.25) is 19.2 Å². The minimum Gasteiger partial charge on any atom is -0.326 e. The van der Waals surface area contributed by atoms with Gasteiger partial charge in [0.2, 0.25) is 15.9 Å². The predicted octanol–water partition coefficient (Wildman–Crippen LogP) is 2.73. The fourth-order valence-electron chi connectivity index (χ4n) is 4.18. The van der Waals surface area contributed by atoms with Gasteiger partial charge in [0.1, 0.15) is 5.54 Å². The third kappa shape index (κ3) is 5.17. The number of amides is 4. The number of urea groups is 1. The lowest BCUT2D eigenvalue weighted by Gasteiger charge is -2.20. The van der Waals surface area contributed by atoms with E-state index in [-0.39, 0.29) is 36.6 Å². The molecule has 4 amide bonds. The Hall–Kier alpha value is -2.62. The van der Waals surface area contributed by atoms with Crippen LogP contribution in [-0.2, 0) is 19.6 Å². The number of hydrogen-bond donors (Lipinski definition) is 3. The molecule has 3 N–H and O–H groups in total. The standard InChI is InChI=1S/C21H30N4O5S/c1-3-14-31(29,30)24-17-9-6-8-16(15(17)2)22-18(26)10-7-13-25-19(27)21(23-20(25)28)11-4-5-12-21/h6,8-9,24H,3-5,7,10-14H2,1-2H3,(H,22,26)(H,23,28). The van der Waals surface area contributed by atoms with E-state index in [9.17, 15) is 22.8 Å². The first-order chi connectivity index (χ1) is 14.7. The van der Waals surface area contributed by atoms with Gasteiger partial charge in [-0.2, -0.15) is 0 Å². The van der Waals surface area contributed by atoms with Crippen LogP contribution in [0.25, 0.3) is 0 Å². The molecule has 3 rings (SSSR count). The molecule has 1 spiro atoms. The lowest BCUT2D eigenvalue weighted by atomic mass is 9.98. The summed E-state index contributed by atoms with van der Waals surface area (Å²) in [5, 5.41) is 5.62. The summed E-state index contributed by atoms with van der Waals surface area (Å²) in [5.41, 5.74) is 0.823. The van der Waals surface area contributed by atoms with Crippen LogP contribution in [0.4, 0.5) is 16.2 Å².